The molecule has 0 fully saturated rings. The number of aliphatic carboxylic acids is 1. The lowest BCUT2D eigenvalue weighted by Crippen LogP contribution is -2.58. The number of nitrogens with one attached hydrogen (secondary N) is 3. The quantitative estimate of drug-likeness (QED) is 0.166. The lowest BCUT2D eigenvalue weighted by molar-refractivity contribution is -0.141. The number of aliphatic hydroxyl groups excluding tert-OH is 1. The van der Waals surface area contributed by atoms with Crippen molar-refractivity contribution in [1.29, 1.82) is 0 Å². The number of hydrogen-bond acceptors (Lipinski definition) is 8. The molecule has 0 aliphatic heterocycles. The molecule has 0 saturated carbocycles. The van der Waals surface area contributed by atoms with Crippen molar-refractivity contribution in [3.05, 3.63) is 82.2 Å². The lowest BCUT2D eigenvalue weighted by atomic mass is 10.0. The fourth-order valence-corrected chi connectivity index (χ4v) is 4.23. The zero-order valence-corrected chi connectivity index (χ0v) is 22.9. The van der Waals surface area contributed by atoms with Crippen LogP contribution in [0.25, 0.3) is 11.0 Å². The molecule has 0 radical (unpaired) electrons. The van der Waals surface area contributed by atoms with Gasteiger partial charge in [-0.15, -0.1) is 0 Å². The maximum atomic E-state index is 13.3. The van der Waals surface area contributed by atoms with Crippen LogP contribution in [0, 0.1) is 5.92 Å². The highest BCUT2D eigenvalue weighted by Gasteiger charge is 2.34. The number of rotatable bonds is 13. The molecule has 1 aromatic heterocycles. The predicted molar refractivity (Wildman–Crippen MR) is 150 cm³/mol. The van der Waals surface area contributed by atoms with Crippen LogP contribution in [-0.2, 0) is 19.2 Å². The van der Waals surface area contributed by atoms with Crippen LogP contribution in [0.3, 0.4) is 0 Å². The number of hydrogen-bond donors (Lipinski definition) is 6. The first-order valence-corrected chi connectivity index (χ1v) is 13.0. The van der Waals surface area contributed by atoms with Crippen LogP contribution in [0.5, 0.6) is 0 Å². The van der Waals surface area contributed by atoms with Crippen LogP contribution < -0.4 is 27.1 Å². The van der Waals surface area contributed by atoms with Gasteiger partial charge in [0.2, 0.25) is 23.2 Å². The molecule has 2 aromatic carbocycles. The highest BCUT2D eigenvalue weighted by Crippen LogP contribution is 2.17. The van der Waals surface area contributed by atoms with E-state index >= 15 is 0 Å². The summed E-state index contributed by atoms with van der Waals surface area (Å²) >= 11 is 0. The molecule has 3 rings (SSSR count). The van der Waals surface area contributed by atoms with Crippen LogP contribution >= 0.6 is 0 Å². The molecule has 0 aliphatic rings. The third-order valence-corrected chi connectivity index (χ3v) is 6.33. The van der Waals surface area contributed by atoms with Gasteiger partial charge in [0.05, 0.1) is 11.8 Å². The van der Waals surface area contributed by atoms with Gasteiger partial charge in [0, 0.05) is 0 Å². The predicted octanol–water partition coefficient (Wildman–Crippen LogP) is 0.601. The maximum absolute atomic E-state index is 13.3. The van der Waals surface area contributed by atoms with E-state index in [0.717, 1.165) is 6.26 Å². The van der Waals surface area contributed by atoms with Crippen molar-refractivity contribution in [2.75, 3.05) is 0 Å². The molecule has 3 aromatic rings. The van der Waals surface area contributed by atoms with E-state index in [9.17, 15) is 39.0 Å². The summed E-state index contributed by atoms with van der Waals surface area (Å²) in [6.07, 6.45) is -1.40. The summed E-state index contributed by atoms with van der Waals surface area (Å²) < 4.78 is 5.38. The number of primary amides is 1. The molecule has 7 N–H and O–H groups in total. The Morgan fingerprint density at radius 1 is 0.881 bits per heavy atom. The summed E-state index contributed by atoms with van der Waals surface area (Å²) in [5, 5.41) is 27.1. The molecular weight excluding hydrogens is 548 g/mol. The highest BCUT2D eigenvalue weighted by atomic mass is 16.4. The molecule has 0 aliphatic carbocycles. The fourth-order valence-electron chi connectivity index (χ4n) is 4.23. The second kappa shape index (κ2) is 14.0. The second-order valence-corrected chi connectivity index (χ2v) is 10.0. The van der Waals surface area contributed by atoms with Crippen molar-refractivity contribution < 1.29 is 38.6 Å². The molecule has 13 nitrogen and oxygen atoms in total. The minimum Gasteiger partial charge on any atom is -0.481 e. The van der Waals surface area contributed by atoms with Gasteiger partial charge in [0.15, 0.2) is 0 Å². The monoisotopic (exact) mass is 580 g/mol. The SMILES string of the molecule is CC(C)C[C@H](NC(=O)c1coc2ccccc2c1=O)C(=O)N[C@@H](CC(=O)O)C(=O)NC(C(N)=O)C(O)c1ccccc1. The van der Waals surface area contributed by atoms with Gasteiger partial charge in [-0.3, -0.25) is 28.8 Å². The number of carboxylic acid groups (broad SMARTS) is 1. The van der Waals surface area contributed by atoms with Crippen molar-refractivity contribution in [3.8, 4) is 0 Å². The van der Waals surface area contributed by atoms with Gasteiger partial charge in [0.1, 0.15) is 41.6 Å². The van der Waals surface area contributed by atoms with Crippen LogP contribution in [0.1, 0.15) is 48.7 Å². The van der Waals surface area contributed by atoms with E-state index in [0.29, 0.717) is 0 Å². The molecule has 222 valence electrons. The van der Waals surface area contributed by atoms with Gasteiger partial charge >= 0.3 is 5.97 Å². The molecule has 0 bridgehead atoms. The molecule has 13 heteroatoms. The number of para-hydroxylation sites is 1. The Morgan fingerprint density at radius 2 is 1.50 bits per heavy atom. The standard InChI is InChI=1S/C29H32N4O9/c1-15(2)12-19(31-27(39)18-14-42-21-11-7-6-10-17(21)25(18)37)28(40)32-20(13-22(34)35)29(41)33-23(26(30)38)24(36)16-8-4-3-5-9-16/h3-11,14-15,19-20,23-24,36H,12-13H2,1-2H3,(H2,30,38)(H,31,39)(H,32,40)(H,33,41)(H,34,35)/t19-,20-,23?,24?/m0/s1. The number of amides is 4. The van der Waals surface area contributed by atoms with E-state index in [1.54, 1.807) is 50.2 Å². The van der Waals surface area contributed by atoms with E-state index in [4.69, 9.17) is 10.2 Å². The summed E-state index contributed by atoms with van der Waals surface area (Å²) in [5.74, 6) is -5.63. The summed E-state index contributed by atoms with van der Waals surface area (Å²) in [5.41, 5.74) is 4.95. The van der Waals surface area contributed by atoms with E-state index in [1.807, 2.05) is 0 Å². The molecule has 2 unspecified atom stereocenters. The van der Waals surface area contributed by atoms with E-state index in [2.05, 4.69) is 16.0 Å². The van der Waals surface area contributed by atoms with E-state index in [-0.39, 0.29) is 34.4 Å². The molecule has 0 saturated heterocycles. The summed E-state index contributed by atoms with van der Waals surface area (Å²) in [6.45, 7) is 3.53. The minimum atomic E-state index is -1.71. The van der Waals surface area contributed by atoms with Crippen molar-refractivity contribution in [2.45, 2.75) is 50.9 Å². The lowest BCUT2D eigenvalue weighted by Gasteiger charge is -2.26. The summed E-state index contributed by atoms with van der Waals surface area (Å²) in [4.78, 5) is 75.8. The fraction of sp³-hybridized carbons (Fsp3) is 0.310. The number of benzene rings is 2. The minimum absolute atomic E-state index is 0.0640. The Bertz CT molecular complexity index is 1520. The van der Waals surface area contributed by atoms with Crippen LogP contribution in [-0.4, -0.2) is 57.9 Å². The van der Waals surface area contributed by atoms with E-state index in [1.165, 1.54) is 18.2 Å². The first kappa shape index (κ1) is 31.5. The van der Waals surface area contributed by atoms with Crippen LogP contribution in [0.15, 0.2) is 70.1 Å². The van der Waals surface area contributed by atoms with Gasteiger partial charge < -0.3 is 36.3 Å². The van der Waals surface area contributed by atoms with Crippen molar-refractivity contribution in [2.24, 2.45) is 11.7 Å². The van der Waals surface area contributed by atoms with Gasteiger partial charge in [-0.25, -0.2) is 0 Å². The molecule has 0 spiro atoms. The molecule has 4 amide bonds. The number of fused-ring (bicyclic) bond motifs is 1. The van der Waals surface area contributed by atoms with E-state index < -0.39 is 65.7 Å². The molecule has 42 heavy (non-hydrogen) atoms. The first-order chi connectivity index (χ1) is 19.9. The average Bonchev–Trinajstić information content (AvgIpc) is 2.94. The van der Waals surface area contributed by atoms with Gasteiger partial charge in [-0.05, 0) is 30.0 Å². The third kappa shape index (κ3) is 8.01. The topological polar surface area (TPSA) is 218 Å². The van der Waals surface area contributed by atoms with Crippen molar-refractivity contribution >= 4 is 40.6 Å². The Labute approximate surface area is 240 Å². The maximum Gasteiger partial charge on any atom is 0.305 e. The van der Waals surface area contributed by atoms with Crippen LogP contribution in [0.2, 0.25) is 0 Å². The normalized spacial score (nSPS) is 13.9. The first-order valence-electron chi connectivity index (χ1n) is 13.0. The number of carboxylic acids is 1. The zero-order valence-electron chi connectivity index (χ0n) is 22.9. The zero-order chi connectivity index (χ0) is 31.0. The Hall–Kier alpha value is -5.04. The number of carbonyl (C=O) groups is 5. The average molecular weight is 581 g/mol. The summed E-state index contributed by atoms with van der Waals surface area (Å²) in [6, 6.07) is 9.52. The molecular formula is C29H32N4O9. The largest absolute Gasteiger partial charge is 0.481 e. The van der Waals surface area contributed by atoms with Crippen LogP contribution in [0.4, 0.5) is 0 Å². The van der Waals surface area contributed by atoms with Gasteiger partial charge in [-0.2, -0.15) is 0 Å². The Kier molecular flexibility index (Phi) is 10.5. The van der Waals surface area contributed by atoms with Gasteiger partial charge in [0.25, 0.3) is 5.91 Å². The smallest absolute Gasteiger partial charge is 0.305 e. The Morgan fingerprint density at radius 3 is 2.12 bits per heavy atom. The highest BCUT2D eigenvalue weighted by molar-refractivity contribution is 6.00. The molecule has 1 heterocycles. The number of carbonyl (C=O) groups excluding carboxylic acids is 4. The molecule has 4 atom stereocenters. The van der Waals surface area contributed by atoms with Crippen molar-refractivity contribution in [1.82, 2.24) is 16.0 Å². The van der Waals surface area contributed by atoms with Gasteiger partial charge in [-0.1, -0.05) is 56.3 Å². The summed E-state index contributed by atoms with van der Waals surface area (Å²) in [7, 11) is 0. The second-order valence-electron chi connectivity index (χ2n) is 10.0. The van der Waals surface area contributed by atoms with Crippen molar-refractivity contribution in [3.63, 3.8) is 0 Å². The third-order valence-electron chi connectivity index (χ3n) is 6.33. The Balaban J connectivity index is 1.81. The number of nitrogens with two attached hydrogens (primary N) is 1. The number of aliphatic hydroxyl groups is 1.